The number of nitrogens with zero attached hydrogens (tertiary/aromatic N) is 3. The van der Waals surface area contributed by atoms with E-state index in [-0.39, 0.29) is 15.5 Å². The van der Waals surface area contributed by atoms with Crippen molar-refractivity contribution in [1.29, 1.82) is 0 Å². The molecular weight excluding hydrogens is 484 g/mol. The van der Waals surface area contributed by atoms with Gasteiger partial charge in [0.05, 0.1) is 57.2 Å². The van der Waals surface area contributed by atoms with E-state index < -0.39 is 5.78 Å². The molecule has 0 amide bonds. The van der Waals surface area contributed by atoms with Gasteiger partial charge in [-0.3, -0.25) is 4.79 Å². The van der Waals surface area contributed by atoms with Crippen molar-refractivity contribution in [3.63, 3.8) is 0 Å². The molecule has 38 heavy (non-hydrogen) atoms. The van der Waals surface area contributed by atoms with Crippen LogP contribution in [-0.2, 0) is 4.79 Å². The third-order valence-corrected chi connectivity index (χ3v) is 6.39. The van der Waals surface area contributed by atoms with Crippen molar-refractivity contribution in [2.75, 3.05) is 61.8 Å². The fourth-order valence-corrected chi connectivity index (χ4v) is 3.75. The minimum atomic E-state index is -0.392. The van der Waals surface area contributed by atoms with Crippen LogP contribution >= 0.6 is 0 Å². The lowest BCUT2D eigenvalue weighted by Crippen LogP contribution is -3.07. The number of hydroxylamine groups is 5. The highest BCUT2D eigenvalue weighted by Crippen LogP contribution is 2.21. The average molecular weight is 523 g/mol. The summed E-state index contributed by atoms with van der Waals surface area (Å²) in [5.74, 6) is -0.223. The van der Waals surface area contributed by atoms with Crippen molar-refractivity contribution in [2.24, 2.45) is 15.7 Å². The molecule has 1 aliphatic rings. The van der Waals surface area contributed by atoms with Crippen molar-refractivity contribution in [1.82, 2.24) is 0 Å². The molecule has 0 aromatic heterocycles. The van der Waals surface area contributed by atoms with Gasteiger partial charge in [-0.25, -0.2) is 9.98 Å². The summed E-state index contributed by atoms with van der Waals surface area (Å²) < 4.78 is -0.224. The smallest absolute Gasteiger partial charge is 0.222 e. The normalized spacial score (nSPS) is 15.6. The Bertz CT molecular complexity index is 1160. The predicted octanol–water partition coefficient (Wildman–Crippen LogP) is 2.23. The lowest BCUT2D eigenvalue weighted by molar-refractivity contribution is -0.875. The third kappa shape index (κ3) is 8.38. The first-order valence-corrected chi connectivity index (χ1v) is 13.0. The van der Waals surface area contributed by atoms with Gasteiger partial charge < -0.3 is 41.8 Å². The number of hydrogen-bond donors (Lipinski definition) is 5. The molecule has 1 atom stereocenters. The van der Waals surface area contributed by atoms with Crippen molar-refractivity contribution in [3.8, 4) is 0 Å². The largest absolute Gasteiger partial charge is 0.634 e. The number of aliphatic imine (C=N–C) groups is 2. The molecule has 0 radical (unpaired) electrons. The van der Waals surface area contributed by atoms with Crippen LogP contribution in [0.15, 0.2) is 70.3 Å². The van der Waals surface area contributed by atoms with E-state index in [1.165, 1.54) is 6.08 Å². The molecule has 0 fully saturated rings. The molecule has 2 aromatic carbocycles. The molecule has 1 aliphatic heterocycles. The predicted molar refractivity (Wildman–Crippen MR) is 155 cm³/mol. The summed E-state index contributed by atoms with van der Waals surface area (Å²) in [7, 11) is 0. The molecule has 0 aliphatic carbocycles. The molecule has 204 valence electrons. The molecule has 0 saturated carbocycles. The van der Waals surface area contributed by atoms with Crippen LogP contribution in [-0.4, -0.2) is 67.9 Å². The molecule has 3 rings (SSSR count). The van der Waals surface area contributed by atoms with Crippen LogP contribution in [0.5, 0.6) is 0 Å². The lowest BCUT2D eigenvalue weighted by Gasteiger charge is -2.41. The van der Waals surface area contributed by atoms with Crippen LogP contribution in [0, 0.1) is 10.4 Å². The molecule has 0 bridgehead atoms. The monoisotopic (exact) mass is 522 g/mol. The Hall–Kier alpha value is -3.77. The second kappa shape index (κ2) is 13.7. The second-order valence-electron chi connectivity index (χ2n) is 9.01. The molecule has 0 spiro atoms. The maximum atomic E-state index is 12.4. The van der Waals surface area contributed by atoms with Crippen molar-refractivity contribution in [2.45, 2.75) is 20.8 Å². The summed E-state index contributed by atoms with van der Waals surface area (Å²) in [6.45, 7) is 9.43. The number of likely N-dealkylation sites (N-methyl/N-ethyl adjacent to an activating group) is 2. The summed E-state index contributed by atoms with van der Waals surface area (Å²) in [5, 5.41) is 33.8. The SMILES string of the molecule is CC[NH+]([O-])CCNc1ccc(NC2=CC(=O)C(N)=N/C2=N\c2ccc(NCC[N+]([O-])(CC)CC)cc2)cc1. The van der Waals surface area contributed by atoms with Gasteiger partial charge in [0.15, 0.2) is 11.7 Å². The van der Waals surface area contributed by atoms with E-state index >= 15 is 0 Å². The van der Waals surface area contributed by atoms with Gasteiger partial charge in [0, 0.05) is 23.1 Å². The Morgan fingerprint density at radius 3 is 2.13 bits per heavy atom. The average Bonchev–Trinajstić information content (AvgIpc) is 2.93. The molecular formula is C27H38N8O3. The van der Waals surface area contributed by atoms with Crippen LogP contribution in [0.3, 0.4) is 0 Å². The van der Waals surface area contributed by atoms with Gasteiger partial charge in [0.25, 0.3) is 0 Å². The first-order valence-electron chi connectivity index (χ1n) is 13.0. The van der Waals surface area contributed by atoms with Crippen LogP contribution in [0.2, 0.25) is 0 Å². The Kier molecular flexibility index (Phi) is 10.4. The molecule has 1 unspecified atom stereocenters. The minimum absolute atomic E-state index is 0.125. The Balaban J connectivity index is 1.65. The number of hydrogen-bond acceptors (Lipinski definition) is 8. The van der Waals surface area contributed by atoms with Gasteiger partial charge in [-0.2, -0.15) is 0 Å². The standard InChI is InChI=1S/C27H38N8O3/c1-4-34(37)17-15-29-20-7-11-22(12-8-20)31-24-19-25(36)26(28)33-27(24)32-23-13-9-21(10-14-23)30-16-18-35(38,5-2)6-3/h7-14,19,29-31,34H,4-6,15-18H2,1-3H3,(H2,28,32,33). The number of carbonyl (C=O) groups is 1. The maximum Gasteiger partial charge on any atom is 0.222 e. The number of anilines is 3. The summed E-state index contributed by atoms with van der Waals surface area (Å²) in [6.07, 6.45) is 1.38. The number of amidine groups is 2. The Morgan fingerprint density at radius 1 is 0.947 bits per heavy atom. The van der Waals surface area contributed by atoms with Crippen molar-refractivity contribution in [3.05, 3.63) is 70.7 Å². The summed E-state index contributed by atoms with van der Waals surface area (Å²) in [5.41, 5.74) is 9.39. The zero-order valence-electron chi connectivity index (χ0n) is 22.3. The summed E-state index contributed by atoms with van der Waals surface area (Å²) in [4.78, 5) is 21.0. The molecule has 2 aromatic rings. The van der Waals surface area contributed by atoms with Crippen molar-refractivity contribution >= 4 is 40.2 Å². The highest BCUT2D eigenvalue weighted by atomic mass is 16.5. The summed E-state index contributed by atoms with van der Waals surface area (Å²) >= 11 is 0. The number of dihydropyridines is 1. The fourth-order valence-electron chi connectivity index (χ4n) is 3.75. The molecule has 11 heteroatoms. The van der Waals surface area contributed by atoms with Gasteiger partial charge in [-0.15, -0.1) is 0 Å². The maximum absolute atomic E-state index is 12.4. The van der Waals surface area contributed by atoms with Gasteiger partial charge in [0.1, 0.15) is 0 Å². The quantitative estimate of drug-likeness (QED) is 0.188. The van der Waals surface area contributed by atoms with E-state index in [0.29, 0.717) is 63.0 Å². The number of ketones is 1. The fraction of sp³-hybridized carbons (Fsp3) is 0.370. The van der Waals surface area contributed by atoms with Gasteiger partial charge in [-0.1, -0.05) is 0 Å². The van der Waals surface area contributed by atoms with Crippen LogP contribution in [0.25, 0.3) is 0 Å². The summed E-state index contributed by atoms with van der Waals surface area (Å²) in [6, 6.07) is 14.9. The number of quaternary nitrogens is 2. The Labute approximate surface area is 223 Å². The van der Waals surface area contributed by atoms with E-state index in [9.17, 15) is 15.2 Å². The highest BCUT2D eigenvalue weighted by Gasteiger charge is 2.19. The third-order valence-electron chi connectivity index (χ3n) is 6.39. The molecule has 0 saturated heterocycles. The van der Waals surface area contributed by atoms with E-state index in [1.54, 1.807) is 0 Å². The van der Waals surface area contributed by atoms with Gasteiger partial charge in [0.2, 0.25) is 5.78 Å². The van der Waals surface area contributed by atoms with Crippen LogP contribution < -0.4 is 26.7 Å². The first-order chi connectivity index (χ1) is 18.2. The topological polar surface area (TPSA) is 154 Å². The highest BCUT2D eigenvalue weighted by molar-refractivity contribution is 6.47. The molecule has 11 nitrogen and oxygen atoms in total. The number of nitrogens with one attached hydrogen (secondary N) is 4. The van der Waals surface area contributed by atoms with E-state index in [0.717, 1.165) is 17.1 Å². The van der Waals surface area contributed by atoms with Crippen molar-refractivity contribution < 1.29 is 14.5 Å². The van der Waals surface area contributed by atoms with E-state index in [1.807, 2.05) is 69.3 Å². The zero-order valence-corrected chi connectivity index (χ0v) is 22.3. The lowest BCUT2D eigenvalue weighted by atomic mass is 10.2. The minimum Gasteiger partial charge on any atom is -0.634 e. The van der Waals surface area contributed by atoms with Crippen LogP contribution in [0.4, 0.5) is 22.7 Å². The number of benzene rings is 2. The Morgan fingerprint density at radius 2 is 1.53 bits per heavy atom. The second-order valence-corrected chi connectivity index (χ2v) is 9.01. The van der Waals surface area contributed by atoms with E-state index in [4.69, 9.17) is 5.73 Å². The number of carbonyl (C=O) groups excluding carboxylic acids is 1. The number of rotatable bonds is 14. The van der Waals surface area contributed by atoms with E-state index in [2.05, 4.69) is 25.9 Å². The first kappa shape index (κ1) is 28.8. The number of nitrogens with two attached hydrogens (primary N) is 1. The molecule has 6 N–H and O–H groups in total. The van der Waals surface area contributed by atoms with Crippen LogP contribution in [0.1, 0.15) is 20.8 Å². The van der Waals surface area contributed by atoms with Gasteiger partial charge >= 0.3 is 0 Å². The van der Waals surface area contributed by atoms with Gasteiger partial charge in [-0.05, 0) is 69.3 Å². The molecule has 1 heterocycles. The zero-order chi connectivity index (χ0) is 27.5.